The van der Waals surface area contributed by atoms with Gasteiger partial charge in [-0.2, -0.15) is 11.8 Å². The van der Waals surface area contributed by atoms with Crippen molar-refractivity contribution in [3.8, 4) is 0 Å². The van der Waals surface area contributed by atoms with Gasteiger partial charge in [-0.25, -0.2) is 4.68 Å². The summed E-state index contributed by atoms with van der Waals surface area (Å²) < 4.78 is 1.52. The van der Waals surface area contributed by atoms with E-state index in [2.05, 4.69) is 16.6 Å². The highest BCUT2D eigenvalue weighted by molar-refractivity contribution is 7.98. The van der Waals surface area contributed by atoms with Crippen molar-refractivity contribution < 1.29 is 4.79 Å². The maximum atomic E-state index is 11.8. The lowest BCUT2D eigenvalue weighted by Gasteiger charge is -2.16. The first-order chi connectivity index (χ1) is 8.17. The van der Waals surface area contributed by atoms with E-state index in [4.69, 9.17) is 5.73 Å². The average Bonchev–Trinajstić information content (AvgIpc) is 2.77. The highest BCUT2D eigenvalue weighted by Gasteiger charge is 2.10. The number of carbonyl (C=O) groups excluding carboxylic acids is 1. The molecule has 96 valence electrons. The molecule has 0 radical (unpaired) electrons. The predicted octanol–water partition coefficient (Wildman–Crippen LogP) is -0.0517. The summed E-state index contributed by atoms with van der Waals surface area (Å²) in [5, 5.41) is 7.68. The van der Waals surface area contributed by atoms with Gasteiger partial charge in [-0.05, 0) is 18.4 Å². The minimum Gasteiger partial charge on any atom is -0.344 e. The van der Waals surface area contributed by atoms with E-state index >= 15 is 0 Å². The van der Waals surface area contributed by atoms with Gasteiger partial charge in [0.25, 0.3) is 0 Å². The van der Waals surface area contributed by atoms with Crippen LogP contribution in [0.25, 0.3) is 0 Å². The van der Waals surface area contributed by atoms with E-state index in [0.29, 0.717) is 12.2 Å². The predicted molar refractivity (Wildman–Crippen MR) is 68.5 cm³/mol. The molecule has 0 bridgehead atoms. The Hall–Kier alpha value is -1.08. The lowest BCUT2D eigenvalue weighted by atomic mass is 10.4. The number of aromatic nitrogens is 3. The lowest BCUT2D eigenvalue weighted by Crippen LogP contribution is -2.31. The molecule has 7 heteroatoms. The van der Waals surface area contributed by atoms with Crippen LogP contribution in [0, 0.1) is 0 Å². The molecule has 1 heterocycles. The van der Waals surface area contributed by atoms with Crippen molar-refractivity contribution in [2.75, 3.05) is 25.6 Å². The van der Waals surface area contributed by atoms with E-state index in [1.807, 2.05) is 7.05 Å². The molecule has 0 fully saturated rings. The Kier molecular flexibility index (Phi) is 5.99. The van der Waals surface area contributed by atoms with Gasteiger partial charge in [-0.3, -0.25) is 4.79 Å². The third-order valence-corrected chi connectivity index (χ3v) is 3.06. The lowest BCUT2D eigenvalue weighted by molar-refractivity contribution is -0.130. The molecule has 0 aliphatic heterocycles. The Bertz CT molecular complexity index is 354. The molecule has 0 unspecified atom stereocenters. The van der Waals surface area contributed by atoms with E-state index < -0.39 is 0 Å². The standard InChI is InChI=1S/C10H19N5OS/c1-14(4-3-5-17-2)10(16)8-15-7-9(6-11)12-13-15/h7H,3-6,8,11H2,1-2H3. The van der Waals surface area contributed by atoms with Gasteiger partial charge in [0.1, 0.15) is 6.54 Å². The molecule has 1 aromatic heterocycles. The van der Waals surface area contributed by atoms with Crippen molar-refractivity contribution in [2.45, 2.75) is 19.5 Å². The quantitative estimate of drug-likeness (QED) is 0.693. The highest BCUT2D eigenvalue weighted by Crippen LogP contribution is 1.99. The van der Waals surface area contributed by atoms with E-state index in [1.165, 1.54) is 4.68 Å². The summed E-state index contributed by atoms with van der Waals surface area (Å²) >= 11 is 1.79. The first-order valence-electron chi connectivity index (χ1n) is 5.49. The highest BCUT2D eigenvalue weighted by atomic mass is 32.2. The van der Waals surface area contributed by atoms with Crippen LogP contribution in [0.3, 0.4) is 0 Å². The minimum absolute atomic E-state index is 0.0413. The molecule has 17 heavy (non-hydrogen) atoms. The number of carbonyl (C=O) groups is 1. The number of hydrogen-bond acceptors (Lipinski definition) is 5. The summed E-state index contributed by atoms with van der Waals surface area (Å²) in [4.78, 5) is 13.5. The smallest absolute Gasteiger partial charge is 0.244 e. The van der Waals surface area contributed by atoms with Crippen molar-refractivity contribution in [1.82, 2.24) is 19.9 Å². The van der Waals surface area contributed by atoms with Crippen LogP contribution >= 0.6 is 11.8 Å². The molecule has 1 amide bonds. The van der Waals surface area contributed by atoms with Crippen molar-refractivity contribution in [3.05, 3.63) is 11.9 Å². The van der Waals surface area contributed by atoms with Crippen molar-refractivity contribution in [2.24, 2.45) is 5.73 Å². The first-order valence-corrected chi connectivity index (χ1v) is 6.88. The fraction of sp³-hybridized carbons (Fsp3) is 0.700. The zero-order chi connectivity index (χ0) is 12.7. The van der Waals surface area contributed by atoms with Crippen LogP contribution in [0.2, 0.25) is 0 Å². The third-order valence-electron chi connectivity index (χ3n) is 2.36. The van der Waals surface area contributed by atoms with Crippen LogP contribution in [-0.4, -0.2) is 51.4 Å². The zero-order valence-electron chi connectivity index (χ0n) is 10.3. The van der Waals surface area contributed by atoms with Crippen molar-refractivity contribution in [3.63, 3.8) is 0 Å². The number of nitrogens with zero attached hydrogens (tertiary/aromatic N) is 4. The van der Waals surface area contributed by atoms with Gasteiger partial charge in [-0.15, -0.1) is 5.10 Å². The Morgan fingerprint density at radius 3 is 3.00 bits per heavy atom. The van der Waals surface area contributed by atoms with E-state index in [1.54, 1.807) is 22.9 Å². The van der Waals surface area contributed by atoms with E-state index in [-0.39, 0.29) is 12.5 Å². The fourth-order valence-electron chi connectivity index (χ4n) is 1.34. The van der Waals surface area contributed by atoms with Crippen LogP contribution in [0.15, 0.2) is 6.20 Å². The van der Waals surface area contributed by atoms with Gasteiger partial charge in [0.05, 0.1) is 11.9 Å². The normalized spacial score (nSPS) is 10.5. The molecule has 0 aliphatic carbocycles. The number of amides is 1. The van der Waals surface area contributed by atoms with E-state index in [9.17, 15) is 4.79 Å². The van der Waals surface area contributed by atoms with E-state index in [0.717, 1.165) is 18.7 Å². The minimum atomic E-state index is 0.0413. The number of likely N-dealkylation sites (N-methyl/N-ethyl adjacent to an activating group) is 1. The van der Waals surface area contributed by atoms with Crippen molar-refractivity contribution in [1.29, 1.82) is 0 Å². The molecular weight excluding hydrogens is 238 g/mol. The molecule has 0 spiro atoms. The molecule has 0 saturated carbocycles. The van der Waals surface area contributed by atoms with Gasteiger partial charge in [0, 0.05) is 20.1 Å². The molecule has 6 nitrogen and oxygen atoms in total. The average molecular weight is 257 g/mol. The monoisotopic (exact) mass is 257 g/mol. The summed E-state index contributed by atoms with van der Waals surface area (Å²) in [5.74, 6) is 1.11. The van der Waals surface area contributed by atoms with Crippen LogP contribution < -0.4 is 5.73 Å². The van der Waals surface area contributed by atoms with Gasteiger partial charge < -0.3 is 10.6 Å². The van der Waals surface area contributed by atoms with Crippen LogP contribution in [0.5, 0.6) is 0 Å². The largest absolute Gasteiger partial charge is 0.344 e. The Morgan fingerprint density at radius 2 is 2.41 bits per heavy atom. The molecule has 1 rings (SSSR count). The van der Waals surface area contributed by atoms with Crippen LogP contribution in [0.4, 0.5) is 0 Å². The van der Waals surface area contributed by atoms with Gasteiger partial charge in [0.15, 0.2) is 0 Å². The Morgan fingerprint density at radius 1 is 1.65 bits per heavy atom. The Balaban J connectivity index is 2.37. The number of hydrogen-bond donors (Lipinski definition) is 1. The molecule has 0 aliphatic rings. The molecule has 1 aromatic rings. The molecule has 2 N–H and O–H groups in total. The Labute approximate surface area is 106 Å². The maximum absolute atomic E-state index is 11.8. The van der Waals surface area contributed by atoms with Gasteiger partial charge >= 0.3 is 0 Å². The second-order valence-electron chi connectivity index (χ2n) is 3.77. The topological polar surface area (TPSA) is 77.0 Å². The van der Waals surface area contributed by atoms with Gasteiger partial charge in [0.2, 0.25) is 5.91 Å². The summed E-state index contributed by atoms with van der Waals surface area (Å²) in [7, 11) is 1.81. The fourth-order valence-corrected chi connectivity index (χ4v) is 1.76. The van der Waals surface area contributed by atoms with Crippen LogP contribution in [0.1, 0.15) is 12.1 Å². The first kappa shape index (κ1) is 14.0. The number of rotatable bonds is 7. The zero-order valence-corrected chi connectivity index (χ0v) is 11.1. The van der Waals surface area contributed by atoms with Gasteiger partial charge in [-0.1, -0.05) is 5.21 Å². The summed E-state index contributed by atoms with van der Waals surface area (Å²) in [5.41, 5.74) is 6.12. The number of nitrogens with two attached hydrogens (primary N) is 1. The summed E-state index contributed by atoms with van der Waals surface area (Å²) in [6, 6.07) is 0. The number of thioether (sulfide) groups is 1. The molecule has 0 aromatic carbocycles. The molecular formula is C10H19N5OS. The maximum Gasteiger partial charge on any atom is 0.244 e. The summed E-state index contributed by atoms with van der Waals surface area (Å²) in [6.45, 7) is 1.35. The SMILES string of the molecule is CSCCCN(C)C(=O)Cn1cc(CN)nn1. The molecule has 0 atom stereocenters. The second-order valence-corrected chi connectivity index (χ2v) is 4.76. The third kappa shape index (κ3) is 4.74. The van der Waals surface area contributed by atoms with Crippen molar-refractivity contribution >= 4 is 17.7 Å². The molecule has 0 saturated heterocycles. The van der Waals surface area contributed by atoms with Crippen LogP contribution in [-0.2, 0) is 17.9 Å². The summed E-state index contributed by atoms with van der Waals surface area (Å²) in [6.07, 6.45) is 4.77. The second kappa shape index (κ2) is 7.29.